The highest BCUT2D eigenvalue weighted by Gasteiger charge is 2.29. The van der Waals surface area contributed by atoms with Crippen LogP contribution in [0.15, 0.2) is 47.6 Å². The van der Waals surface area contributed by atoms with Crippen molar-refractivity contribution in [3.05, 3.63) is 59.2 Å². The Morgan fingerprint density at radius 1 is 1.27 bits per heavy atom. The molecule has 0 saturated heterocycles. The average molecular weight is 413 g/mol. The molecule has 2 aromatic rings. The van der Waals surface area contributed by atoms with Gasteiger partial charge in [-0.25, -0.2) is 0 Å². The molecule has 0 spiro atoms. The molecular weight excluding hydrogens is 386 g/mol. The lowest BCUT2D eigenvalue weighted by atomic mass is 9.94. The maximum absolute atomic E-state index is 12.6. The van der Waals surface area contributed by atoms with E-state index in [-0.39, 0.29) is 18.3 Å². The van der Waals surface area contributed by atoms with Gasteiger partial charge >= 0.3 is 5.97 Å². The Bertz CT molecular complexity index is 969. The van der Waals surface area contributed by atoms with Crippen LogP contribution in [0.5, 0.6) is 5.75 Å². The largest absolute Gasteiger partial charge is 0.494 e. The van der Waals surface area contributed by atoms with Crippen LogP contribution in [-0.4, -0.2) is 54.0 Å². The lowest BCUT2D eigenvalue weighted by Crippen LogP contribution is -2.32. The van der Waals surface area contributed by atoms with Crippen molar-refractivity contribution >= 4 is 11.9 Å². The zero-order valence-corrected chi connectivity index (χ0v) is 17.3. The van der Waals surface area contributed by atoms with Crippen molar-refractivity contribution in [1.82, 2.24) is 9.63 Å². The Balaban J connectivity index is 1.60. The van der Waals surface area contributed by atoms with Crippen LogP contribution in [0.4, 0.5) is 0 Å². The molecule has 1 aliphatic heterocycles. The van der Waals surface area contributed by atoms with Crippen LogP contribution < -0.4 is 10.2 Å². The molecule has 0 aliphatic carbocycles. The number of benzene rings is 1. The number of hydrogen-bond donors (Lipinski definition) is 1. The second kappa shape index (κ2) is 9.96. The van der Waals surface area contributed by atoms with Gasteiger partial charge in [-0.15, -0.1) is 0 Å². The lowest BCUT2D eigenvalue weighted by Gasteiger charge is -2.19. The second-order valence-electron chi connectivity index (χ2n) is 7.29. The first kappa shape index (κ1) is 21.4. The molecule has 1 aromatic heterocycles. The molecule has 8 nitrogen and oxygen atoms in total. The third-order valence-electron chi connectivity index (χ3n) is 5.08. The van der Waals surface area contributed by atoms with Gasteiger partial charge < -0.3 is 19.6 Å². The molecule has 1 aromatic carbocycles. The molecule has 30 heavy (non-hydrogen) atoms. The number of esters is 1. The number of hydrogen-bond acceptors (Lipinski definition) is 6. The number of ether oxygens (including phenoxy) is 2. The van der Waals surface area contributed by atoms with E-state index in [1.54, 1.807) is 24.1 Å². The zero-order valence-electron chi connectivity index (χ0n) is 17.3. The van der Waals surface area contributed by atoms with Gasteiger partial charge in [-0.2, -0.15) is 4.73 Å². The van der Waals surface area contributed by atoms with Crippen LogP contribution in [0.3, 0.4) is 0 Å². The summed E-state index contributed by atoms with van der Waals surface area (Å²) in [6.07, 6.45) is 2.81. The van der Waals surface area contributed by atoms with Crippen molar-refractivity contribution in [2.45, 2.75) is 25.8 Å². The number of amides is 1. The van der Waals surface area contributed by atoms with E-state index in [4.69, 9.17) is 9.47 Å². The van der Waals surface area contributed by atoms with Crippen LogP contribution in [0.25, 0.3) is 0 Å². The van der Waals surface area contributed by atoms with Crippen LogP contribution in [0.2, 0.25) is 0 Å². The van der Waals surface area contributed by atoms with E-state index in [1.807, 2.05) is 24.3 Å². The molecule has 8 heteroatoms. The summed E-state index contributed by atoms with van der Waals surface area (Å²) < 4.78 is 11.6. The molecule has 1 atom stereocenters. The van der Waals surface area contributed by atoms with Crippen LogP contribution >= 0.6 is 0 Å². The fourth-order valence-electron chi connectivity index (χ4n) is 3.48. The minimum Gasteiger partial charge on any atom is -0.494 e. The Morgan fingerprint density at radius 3 is 2.87 bits per heavy atom. The van der Waals surface area contributed by atoms with Crippen molar-refractivity contribution in [2.24, 2.45) is 10.9 Å². The minimum absolute atomic E-state index is 0.0530. The smallest absolute Gasteiger partial charge is 0.306 e. The number of carbonyl (C=O) groups is 2. The van der Waals surface area contributed by atoms with Gasteiger partial charge in [0.1, 0.15) is 5.75 Å². The minimum atomic E-state index is -0.413. The summed E-state index contributed by atoms with van der Waals surface area (Å²) in [5, 5.41) is 9.64. The molecule has 1 unspecified atom stereocenters. The maximum Gasteiger partial charge on any atom is 0.306 e. The molecular formula is C22H27N3O5. The lowest BCUT2D eigenvalue weighted by molar-refractivity contribution is -0.146. The first-order valence-corrected chi connectivity index (χ1v) is 9.91. The molecule has 3 rings (SSSR count). The van der Waals surface area contributed by atoms with Gasteiger partial charge in [0.15, 0.2) is 5.49 Å². The highest BCUT2D eigenvalue weighted by atomic mass is 16.5. The number of aromatic nitrogens is 1. The Labute approximate surface area is 175 Å². The van der Waals surface area contributed by atoms with Gasteiger partial charge in [-0.1, -0.05) is 12.1 Å². The van der Waals surface area contributed by atoms with Crippen molar-refractivity contribution < 1.29 is 24.3 Å². The number of methoxy groups -OCH3 is 1. The molecule has 0 saturated carbocycles. The monoisotopic (exact) mass is 413 g/mol. The Hall–Kier alpha value is -3.29. The van der Waals surface area contributed by atoms with Gasteiger partial charge in [0, 0.05) is 32.8 Å². The first-order chi connectivity index (χ1) is 14.5. The van der Waals surface area contributed by atoms with Gasteiger partial charge in [0.25, 0.3) is 0 Å². The fourth-order valence-corrected chi connectivity index (χ4v) is 3.48. The van der Waals surface area contributed by atoms with Crippen LogP contribution in [0, 0.1) is 5.92 Å². The summed E-state index contributed by atoms with van der Waals surface area (Å²) in [7, 11) is 3.08. The number of rotatable bonds is 7. The number of carbonyl (C=O) groups excluding carboxylic acids is 2. The molecule has 0 radical (unpaired) electrons. The first-order valence-electron chi connectivity index (χ1n) is 9.91. The predicted molar refractivity (Wildman–Crippen MR) is 109 cm³/mol. The summed E-state index contributed by atoms with van der Waals surface area (Å²) in [6, 6.07) is 11.1. The van der Waals surface area contributed by atoms with E-state index in [0.29, 0.717) is 38.0 Å². The summed E-state index contributed by atoms with van der Waals surface area (Å²) in [5.41, 5.74) is 2.56. The van der Waals surface area contributed by atoms with E-state index in [1.165, 1.54) is 13.3 Å². The van der Waals surface area contributed by atoms with E-state index in [0.717, 1.165) is 21.6 Å². The van der Waals surface area contributed by atoms with Crippen molar-refractivity contribution in [3.8, 4) is 5.75 Å². The molecule has 160 valence electrons. The van der Waals surface area contributed by atoms with Crippen LogP contribution in [-0.2, 0) is 27.3 Å². The van der Waals surface area contributed by atoms with E-state index in [2.05, 4.69) is 4.99 Å². The molecule has 0 bridgehead atoms. The highest BCUT2D eigenvalue weighted by molar-refractivity contribution is 5.84. The maximum atomic E-state index is 12.6. The van der Waals surface area contributed by atoms with Crippen molar-refractivity contribution in [2.75, 3.05) is 27.3 Å². The number of fused-ring (bicyclic) bond motifs is 1. The Kier molecular flexibility index (Phi) is 7.11. The summed E-state index contributed by atoms with van der Waals surface area (Å²) >= 11 is 0. The van der Waals surface area contributed by atoms with E-state index >= 15 is 0 Å². The fraction of sp³-hybridized carbons (Fsp3) is 0.409. The average Bonchev–Trinajstić information content (AvgIpc) is 2.85. The molecule has 1 aliphatic rings. The zero-order chi connectivity index (χ0) is 21.5. The SMILES string of the molecule is COC(=O)CC1Cc2ccc(OCCCN=c3ccccn3O)cc2CN(C)C1=O. The van der Waals surface area contributed by atoms with Gasteiger partial charge in [0.05, 0.1) is 26.1 Å². The summed E-state index contributed by atoms with van der Waals surface area (Å²) in [5.74, 6) is -0.109. The van der Waals surface area contributed by atoms with Crippen molar-refractivity contribution in [1.29, 1.82) is 0 Å². The predicted octanol–water partition coefficient (Wildman–Crippen LogP) is 1.79. The number of nitrogens with zero attached hydrogens (tertiary/aromatic N) is 3. The third-order valence-corrected chi connectivity index (χ3v) is 5.08. The quantitative estimate of drug-likeness (QED) is 0.424. The molecule has 1 amide bonds. The topological polar surface area (TPSA) is 93.4 Å². The molecule has 1 N–H and O–H groups in total. The van der Waals surface area contributed by atoms with Gasteiger partial charge in [-0.3, -0.25) is 14.6 Å². The van der Waals surface area contributed by atoms with Crippen molar-refractivity contribution in [3.63, 3.8) is 0 Å². The Morgan fingerprint density at radius 2 is 2.10 bits per heavy atom. The normalized spacial score (nSPS) is 16.7. The standard InChI is InChI=1S/C22H27N3O5/c1-24-15-18-13-19(30-11-5-9-23-20-6-3-4-10-25(20)28)8-7-16(18)12-17(22(24)27)14-21(26)29-2/h3-4,6-8,10,13,17,28H,5,9,11-12,14-15H2,1-2H3. The van der Waals surface area contributed by atoms with Gasteiger partial charge in [-0.05, 0) is 41.8 Å². The molecule has 2 heterocycles. The van der Waals surface area contributed by atoms with E-state index in [9.17, 15) is 14.8 Å². The second-order valence-corrected chi connectivity index (χ2v) is 7.29. The summed E-state index contributed by atoms with van der Waals surface area (Å²) in [6.45, 7) is 1.49. The van der Waals surface area contributed by atoms with Crippen LogP contribution in [0.1, 0.15) is 24.0 Å². The summed E-state index contributed by atoms with van der Waals surface area (Å²) in [4.78, 5) is 30.2. The van der Waals surface area contributed by atoms with E-state index < -0.39 is 5.92 Å². The highest BCUT2D eigenvalue weighted by Crippen LogP contribution is 2.27. The van der Waals surface area contributed by atoms with Gasteiger partial charge in [0.2, 0.25) is 5.91 Å². The number of pyridine rings is 1. The third kappa shape index (κ3) is 5.40. The molecule has 0 fully saturated rings.